The van der Waals surface area contributed by atoms with Crippen molar-refractivity contribution < 1.29 is 26.3 Å². The molecule has 0 bridgehead atoms. The van der Waals surface area contributed by atoms with Crippen LogP contribution in [-0.4, -0.2) is 79.7 Å². The SMILES string of the molecule is Cc1cc(-c2ncc(NCc3ccncc3)cc2-c2ccc3ncsc3c2)ccc1F.Fc1ccc(-c2ncccc2-c2ccc3ncnc(C4CC4)c3c2)cc1Cl.Fc1ccc(-c2ncccc2-c2ccc3ncncc3c2)cc1Cl.Fc1ccccc1-c1ncccc1-c1ccnc2ccccc12.Fc1ccccc1-c1ncccc1-c1ccncc1.Nc1ncnc2ccc(-c3cccnc3-c3cc(F)c(Cl)cc3Cl)cc12. The molecule has 0 amide bonds. The topological polar surface area (TPSA) is 244 Å². The third kappa shape index (κ3) is 22.8. The second kappa shape index (κ2) is 45.9. The molecule has 0 spiro atoms. The van der Waals surface area contributed by atoms with Crippen molar-refractivity contribution in [3.63, 3.8) is 0 Å². The first-order valence-corrected chi connectivity index (χ1v) is 49.5. The van der Waals surface area contributed by atoms with Gasteiger partial charge >= 0.3 is 0 Å². The van der Waals surface area contributed by atoms with Gasteiger partial charge in [-0.2, -0.15) is 0 Å². The van der Waals surface area contributed by atoms with Crippen LogP contribution >= 0.6 is 57.7 Å². The molecule has 3 N–H and O–H groups in total. The van der Waals surface area contributed by atoms with E-state index < -0.39 is 17.5 Å². The van der Waals surface area contributed by atoms with E-state index in [-0.39, 0.29) is 32.5 Å². The predicted octanol–water partition coefficient (Wildman–Crippen LogP) is 32.1. The van der Waals surface area contributed by atoms with E-state index in [1.807, 2.05) is 194 Å². The summed E-state index contributed by atoms with van der Waals surface area (Å²) in [4.78, 5) is 69.2. The van der Waals surface area contributed by atoms with Crippen molar-refractivity contribution in [1.82, 2.24) is 79.7 Å². The van der Waals surface area contributed by atoms with Crippen LogP contribution in [0.2, 0.25) is 20.1 Å². The molecule has 13 heterocycles. The van der Waals surface area contributed by atoms with Gasteiger partial charge in [0.1, 0.15) is 59.7 Å². The summed E-state index contributed by atoms with van der Waals surface area (Å²) >= 11 is 25.6. The molecule has 1 aliphatic carbocycles. The van der Waals surface area contributed by atoms with Gasteiger partial charge < -0.3 is 11.1 Å². The van der Waals surface area contributed by atoms with E-state index in [0.717, 1.165) is 171 Å². The zero-order valence-corrected chi connectivity index (χ0v) is 83.1. The number of nitrogens with zero attached hydrogens (tertiary/aromatic N) is 16. The highest BCUT2D eigenvalue weighted by Gasteiger charge is 2.28. The summed E-state index contributed by atoms with van der Waals surface area (Å²) in [5.74, 6) is -1.27. The fraction of sp³-hybridized carbons (Fsp3) is 0.0413. The minimum absolute atomic E-state index is 0.0353. The van der Waals surface area contributed by atoms with Crippen molar-refractivity contribution in [2.75, 3.05) is 11.1 Å². The van der Waals surface area contributed by atoms with Crippen LogP contribution in [0.25, 0.3) is 188 Å². The van der Waals surface area contributed by atoms with Gasteiger partial charge in [-0.1, -0.05) is 143 Å². The Morgan fingerprint density at radius 2 is 0.773 bits per heavy atom. The van der Waals surface area contributed by atoms with Gasteiger partial charge in [-0.3, -0.25) is 44.9 Å². The Kier molecular flexibility index (Phi) is 30.5. The van der Waals surface area contributed by atoms with Crippen LogP contribution in [0.15, 0.2) is 408 Å². The van der Waals surface area contributed by atoms with E-state index in [1.165, 1.54) is 68.0 Å². The number of rotatable bonds is 16. The minimum Gasteiger partial charge on any atom is -0.383 e. The van der Waals surface area contributed by atoms with Gasteiger partial charge in [0.15, 0.2) is 0 Å². The highest BCUT2D eigenvalue weighted by molar-refractivity contribution is 7.16. The van der Waals surface area contributed by atoms with Crippen molar-refractivity contribution in [1.29, 1.82) is 0 Å². The second-order valence-electron chi connectivity index (χ2n) is 34.5. The Morgan fingerprint density at radius 1 is 0.293 bits per heavy atom. The van der Waals surface area contributed by atoms with Gasteiger partial charge in [-0.05, 0) is 277 Å². The average Bonchev–Trinajstić information content (AvgIpc) is 1.44. The van der Waals surface area contributed by atoms with Gasteiger partial charge in [0, 0.05) is 169 Å². The minimum atomic E-state index is -0.557. The summed E-state index contributed by atoms with van der Waals surface area (Å²) in [5, 5.41) is 7.69. The lowest BCUT2D eigenvalue weighted by molar-refractivity contribution is 0.618. The molecular formula is C121H80Cl4F6N18S. The number of hydrogen-bond acceptors (Lipinski definition) is 19. The van der Waals surface area contributed by atoms with E-state index in [9.17, 15) is 26.3 Å². The number of nitrogen functional groups attached to an aromatic ring is 1. The monoisotopic (exact) mass is 2070 g/mol. The second-order valence-corrected chi connectivity index (χ2v) is 37.0. The maximum absolute atomic E-state index is 14.2. The molecular weight excluding hydrogens is 1990 g/mol. The predicted molar refractivity (Wildman–Crippen MR) is 589 cm³/mol. The van der Waals surface area contributed by atoms with Gasteiger partial charge in [0.05, 0.1) is 110 Å². The quantitative estimate of drug-likeness (QED) is 0.0674. The lowest BCUT2D eigenvalue weighted by atomic mass is 9.96. The number of aryl methyl sites for hydroxylation is 1. The standard InChI is InChI=1S/C25H19FN4S.C22H15ClFN3.C20H13FN2.C19H11Cl2FN4.C19H11ClFN3.C16H11FN2/c1-16-10-19(2-4-22(16)26)25-21(18-3-5-23-24(11-18)31-15-30-23)12-20(14-29-25)28-13-17-6-8-27-9-7-17;23-18-11-15(5-7-19(18)24)22-16(2-1-9-25-22)14-6-8-20-17(10-14)21(13-3-4-13)27-12-26-20;21-18-9-3-1-7-17(18)20-16(8-5-12-23-20)14-11-13-22-19-10-4-2-6-15(14)19;20-14-8-15(21)16(22)7-12(14)18-11(2-1-5-24-18)10-3-4-17-13(6-10)19(23)26-9-25-17;20-16-9-13(3-5-17(16)21)19-15(2-1-7-23-19)12-4-6-18-14(8-12)10-22-11-24-18;17-15-6-2-1-4-14(15)16-13(5-3-9-19-16)12-7-10-18-11-8-12/h2-12,14-15,28H,13H2,1H3;1-2,5-13H,3-4H2;1-13H;1-9H,(H2,23,25,26);1-11H;1-11H. The number of anilines is 2. The molecule has 18 nitrogen and oxygen atoms in total. The van der Waals surface area contributed by atoms with Crippen molar-refractivity contribution in [3.8, 4) is 134 Å². The summed E-state index contributed by atoms with van der Waals surface area (Å²) < 4.78 is 84.1. The zero-order chi connectivity index (χ0) is 103. The van der Waals surface area contributed by atoms with Gasteiger partial charge in [-0.25, -0.2) is 61.2 Å². The number of para-hydroxylation sites is 1. The Bertz CT molecular complexity index is 9100. The molecule has 0 radical (unpaired) electrons. The van der Waals surface area contributed by atoms with Crippen molar-refractivity contribution in [2.45, 2.75) is 32.2 Å². The number of halogens is 10. The van der Waals surface area contributed by atoms with Crippen LogP contribution in [0.3, 0.4) is 0 Å². The third-order valence-corrected chi connectivity index (χ3v) is 26.8. The number of pyridine rings is 9. The number of aromatic nitrogens is 16. The number of nitrogens with two attached hydrogens (primary N) is 1. The summed E-state index contributed by atoms with van der Waals surface area (Å²) in [6.07, 6.45) is 27.8. The fourth-order valence-corrected chi connectivity index (χ4v) is 18.8. The molecule has 0 unspecified atom stereocenters. The van der Waals surface area contributed by atoms with Gasteiger partial charge in [-0.15, -0.1) is 11.3 Å². The first-order valence-electron chi connectivity index (χ1n) is 47.1. The molecule has 13 aromatic heterocycles. The van der Waals surface area contributed by atoms with Crippen LogP contribution in [0.4, 0.5) is 37.8 Å². The van der Waals surface area contributed by atoms with E-state index in [2.05, 4.69) is 104 Å². The van der Waals surface area contributed by atoms with Crippen LogP contribution < -0.4 is 11.1 Å². The van der Waals surface area contributed by atoms with Gasteiger partial charge in [0.25, 0.3) is 0 Å². The highest BCUT2D eigenvalue weighted by Crippen LogP contribution is 2.46. The number of thiazole rings is 1. The Morgan fingerprint density at radius 3 is 1.39 bits per heavy atom. The molecule has 150 heavy (non-hydrogen) atoms. The smallest absolute Gasteiger partial charge is 0.142 e. The Hall–Kier alpha value is -17.7. The van der Waals surface area contributed by atoms with E-state index in [4.69, 9.17) is 57.1 Å². The maximum atomic E-state index is 14.2. The largest absolute Gasteiger partial charge is 0.383 e. The summed E-state index contributed by atoms with van der Waals surface area (Å²) in [7, 11) is 0. The van der Waals surface area contributed by atoms with E-state index in [1.54, 1.807) is 153 Å². The summed E-state index contributed by atoms with van der Waals surface area (Å²) in [6.45, 7) is 2.44. The fourth-order valence-electron chi connectivity index (χ4n) is 17.3. The molecule has 25 rings (SSSR count). The normalized spacial score (nSPS) is 11.4. The lowest BCUT2D eigenvalue weighted by Gasteiger charge is -2.14. The maximum Gasteiger partial charge on any atom is 0.142 e. The molecule has 24 aromatic rings. The molecule has 29 heteroatoms. The van der Waals surface area contributed by atoms with Gasteiger partial charge in [0.2, 0.25) is 0 Å². The number of fused-ring (bicyclic) bond motifs is 5. The van der Waals surface area contributed by atoms with Crippen molar-refractivity contribution in [2.24, 2.45) is 0 Å². The molecule has 1 aliphatic rings. The molecule has 1 saturated carbocycles. The van der Waals surface area contributed by atoms with Crippen LogP contribution in [-0.2, 0) is 6.54 Å². The van der Waals surface area contributed by atoms with E-state index in [0.29, 0.717) is 62.6 Å². The molecule has 11 aromatic carbocycles. The molecule has 0 aliphatic heterocycles. The van der Waals surface area contributed by atoms with Crippen LogP contribution in [0, 0.1) is 41.8 Å². The Balaban J connectivity index is 0.000000109. The number of hydrogen-bond donors (Lipinski definition) is 2. The molecule has 0 atom stereocenters. The average molecular weight is 2070 g/mol. The van der Waals surface area contributed by atoms with Crippen molar-refractivity contribution >= 4 is 123 Å². The molecule has 1 fully saturated rings. The summed E-state index contributed by atoms with van der Waals surface area (Å²) in [6, 6.07) is 93.3. The van der Waals surface area contributed by atoms with Crippen molar-refractivity contribution in [3.05, 3.63) is 480 Å². The zero-order valence-electron chi connectivity index (χ0n) is 79.3. The third-order valence-electron chi connectivity index (χ3n) is 24.8. The molecule has 0 saturated heterocycles. The van der Waals surface area contributed by atoms with E-state index >= 15 is 0 Å². The first-order chi connectivity index (χ1) is 73.3. The highest BCUT2D eigenvalue weighted by atomic mass is 35.5. The molecule has 730 valence electrons. The number of nitrogens with one attached hydrogen (secondary N) is 1. The van der Waals surface area contributed by atoms with Crippen LogP contribution in [0.1, 0.15) is 35.6 Å². The number of benzene rings is 11. The summed E-state index contributed by atoms with van der Waals surface area (Å²) in [5.41, 5.74) is 35.5. The Labute approximate surface area is 880 Å². The first kappa shape index (κ1) is 99.6. The lowest BCUT2D eigenvalue weighted by Crippen LogP contribution is -2.01. The van der Waals surface area contributed by atoms with Crippen LogP contribution in [0.5, 0.6) is 0 Å².